The van der Waals surface area contributed by atoms with Crippen LogP contribution in [0.1, 0.15) is 33.1 Å². The van der Waals surface area contributed by atoms with E-state index in [0.717, 1.165) is 39.0 Å². The summed E-state index contributed by atoms with van der Waals surface area (Å²) in [6.45, 7) is 6.91. The lowest BCUT2D eigenvalue weighted by Gasteiger charge is -2.38. The molecule has 1 saturated heterocycles. The van der Waals surface area contributed by atoms with Gasteiger partial charge in [0.15, 0.2) is 0 Å². The van der Waals surface area contributed by atoms with Crippen molar-refractivity contribution in [2.24, 2.45) is 5.73 Å². The van der Waals surface area contributed by atoms with Crippen molar-refractivity contribution in [2.75, 3.05) is 19.7 Å². The number of nitrogens with two attached hydrogens (primary N) is 1. The summed E-state index contributed by atoms with van der Waals surface area (Å²) in [5.41, 5.74) is 5.54. The lowest BCUT2D eigenvalue weighted by molar-refractivity contribution is -0.0777. The first-order chi connectivity index (χ1) is 6.20. The minimum atomic E-state index is 0.0878. The minimum absolute atomic E-state index is 0.0878. The summed E-state index contributed by atoms with van der Waals surface area (Å²) < 4.78 is 5.75. The molecule has 0 saturated carbocycles. The van der Waals surface area contributed by atoms with E-state index in [9.17, 15) is 0 Å². The lowest BCUT2D eigenvalue weighted by Crippen LogP contribution is -2.46. The van der Waals surface area contributed by atoms with Gasteiger partial charge in [0.1, 0.15) is 0 Å². The zero-order chi connectivity index (χ0) is 9.73. The van der Waals surface area contributed by atoms with Crippen molar-refractivity contribution in [2.45, 2.75) is 44.8 Å². The maximum atomic E-state index is 5.75. The van der Waals surface area contributed by atoms with Crippen molar-refractivity contribution in [3.8, 4) is 0 Å². The summed E-state index contributed by atoms with van der Waals surface area (Å²) in [5.74, 6) is 0. The first kappa shape index (κ1) is 11.0. The molecule has 0 radical (unpaired) electrons. The standard InChI is InChI=1S/C10H22N2O/c1-3-10(2)8-9(4-7-13-10)12-6-5-11/h9,12H,3-8,11H2,1-2H3. The largest absolute Gasteiger partial charge is 0.375 e. The Morgan fingerprint density at radius 2 is 2.38 bits per heavy atom. The third-order valence-corrected chi connectivity index (χ3v) is 2.92. The van der Waals surface area contributed by atoms with Crippen molar-refractivity contribution in [3.05, 3.63) is 0 Å². The van der Waals surface area contributed by atoms with Crippen LogP contribution in [0.5, 0.6) is 0 Å². The first-order valence-corrected chi connectivity index (χ1v) is 5.27. The Kier molecular flexibility index (Phi) is 4.16. The zero-order valence-corrected chi connectivity index (χ0v) is 8.81. The average molecular weight is 186 g/mol. The monoisotopic (exact) mass is 186 g/mol. The molecule has 0 spiro atoms. The first-order valence-electron chi connectivity index (χ1n) is 5.27. The van der Waals surface area contributed by atoms with E-state index in [0.29, 0.717) is 6.04 Å². The smallest absolute Gasteiger partial charge is 0.0666 e. The molecule has 3 heteroatoms. The molecule has 1 fully saturated rings. The molecule has 2 atom stereocenters. The van der Waals surface area contributed by atoms with Crippen LogP contribution in [0.3, 0.4) is 0 Å². The Balaban J connectivity index is 2.33. The summed E-state index contributed by atoms with van der Waals surface area (Å²) in [6, 6.07) is 0.599. The van der Waals surface area contributed by atoms with Gasteiger partial charge in [0.25, 0.3) is 0 Å². The van der Waals surface area contributed by atoms with E-state index < -0.39 is 0 Å². The van der Waals surface area contributed by atoms with E-state index in [1.165, 1.54) is 0 Å². The molecular formula is C10H22N2O. The second kappa shape index (κ2) is 4.94. The van der Waals surface area contributed by atoms with E-state index in [1.54, 1.807) is 0 Å². The number of ether oxygens (including phenoxy) is 1. The van der Waals surface area contributed by atoms with Crippen LogP contribution in [0, 0.1) is 0 Å². The molecule has 0 aliphatic carbocycles. The highest BCUT2D eigenvalue weighted by molar-refractivity contribution is 4.85. The van der Waals surface area contributed by atoms with E-state index in [-0.39, 0.29) is 5.60 Å². The fraction of sp³-hybridized carbons (Fsp3) is 1.00. The van der Waals surface area contributed by atoms with Gasteiger partial charge in [0.05, 0.1) is 5.60 Å². The molecule has 1 aliphatic heterocycles. The third kappa shape index (κ3) is 3.25. The van der Waals surface area contributed by atoms with E-state index in [2.05, 4.69) is 19.2 Å². The highest BCUT2D eigenvalue weighted by atomic mass is 16.5. The van der Waals surface area contributed by atoms with Gasteiger partial charge in [-0.25, -0.2) is 0 Å². The number of nitrogens with one attached hydrogen (secondary N) is 1. The summed E-state index contributed by atoms with van der Waals surface area (Å²) in [6.07, 6.45) is 3.33. The summed E-state index contributed by atoms with van der Waals surface area (Å²) in [4.78, 5) is 0. The Bertz CT molecular complexity index is 152. The fourth-order valence-corrected chi connectivity index (χ4v) is 1.84. The molecule has 1 rings (SSSR count). The molecule has 78 valence electrons. The van der Waals surface area contributed by atoms with Gasteiger partial charge in [-0.1, -0.05) is 6.92 Å². The van der Waals surface area contributed by atoms with Crippen molar-refractivity contribution in [1.29, 1.82) is 0 Å². The van der Waals surface area contributed by atoms with Crippen LogP contribution in [-0.2, 0) is 4.74 Å². The predicted octanol–water partition coefficient (Wildman–Crippen LogP) is 0.882. The second-order valence-corrected chi connectivity index (χ2v) is 4.08. The van der Waals surface area contributed by atoms with Crippen LogP contribution in [0.2, 0.25) is 0 Å². The fourth-order valence-electron chi connectivity index (χ4n) is 1.84. The van der Waals surface area contributed by atoms with E-state index in [1.807, 2.05) is 0 Å². The molecule has 1 aliphatic rings. The van der Waals surface area contributed by atoms with Gasteiger partial charge in [-0.3, -0.25) is 0 Å². The van der Waals surface area contributed by atoms with E-state index >= 15 is 0 Å². The summed E-state index contributed by atoms with van der Waals surface area (Å²) in [7, 11) is 0. The minimum Gasteiger partial charge on any atom is -0.375 e. The molecule has 2 unspecified atom stereocenters. The van der Waals surface area contributed by atoms with Crippen LogP contribution in [0.4, 0.5) is 0 Å². The van der Waals surface area contributed by atoms with Gasteiger partial charge in [-0.15, -0.1) is 0 Å². The average Bonchev–Trinajstić information content (AvgIpc) is 2.15. The molecule has 3 N–H and O–H groups in total. The van der Waals surface area contributed by atoms with Gasteiger partial charge >= 0.3 is 0 Å². The molecule has 0 aromatic heterocycles. The van der Waals surface area contributed by atoms with Crippen LogP contribution < -0.4 is 11.1 Å². The number of hydrogen-bond acceptors (Lipinski definition) is 3. The molecule has 3 nitrogen and oxygen atoms in total. The van der Waals surface area contributed by atoms with Crippen LogP contribution in [0.25, 0.3) is 0 Å². The Morgan fingerprint density at radius 1 is 1.62 bits per heavy atom. The molecule has 1 heterocycles. The normalized spacial score (nSPS) is 34.8. The highest BCUT2D eigenvalue weighted by Crippen LogP contribution is 2.27. The molecule has 0 aromatic rings. The van der Waals surface area contributed by atoms with Crippen LogP contribution in [0.15, 0.2) is 0 Å². The lowest BCUT2D eigenvalue weighted by atomic mass is 9.90. The Labute approximate surface area is 81.0 Å². The van der Waals surface area contributed by atoms with Crippen molar-refractivity contribution in [3.63, 3.8) is 0 Å². The van der Waals surface area contributed by atoms with E-state index in [4.69, 9.17) is 10.5 Å². The summed E-state index contributed by atoms with van der Waals surface area (Å²) in [5, 5.41) is 3.46. The molecule has 13 heavy (non-hydrogen) atoms. The SMILES string of the molecule is CCC1(C)CC(NCCN)CCO1. The van der Waals surface area contributed by atoms with Gasteiger partial charge in [0.2, 0.25) is 0 Å². The third-order valence-electron chi connectivity index (χ3n) is 2.92. The quantitative estimate of drug-likeness (QED) is 0.685. The Morgan fingerprint density at radius 3 is 3.00 bits per heavy atom. The zero-order valence-electron chi connectivity index (χ0n) is 8.81. The molecule has 0 bridgehead atoms. The topological polar surface area (TPSA) is 47.3 Å². The van der Waals surface area contributed by atoms with Gasteiger partial charge in [0, 0.05) is 25.7 Å². The number of rotatable bonds is 4. The molecule has 0 amide bonds. The van der Waals surface area contributed by atoms with Crippen molar-refractivity contribution < 1.29 is 4.74 Å². The maximum Gasteiger partial charge on any atom is 0.0666 e. The van der Waals surface area contributed by atoms with Crippen LogP contribution >= 0.6 is 0 Å². The molecule has 0 aromatic carbocycles. The highest BCUT2D eigenvalue weighted by Gasteiger charge is 2.30. The van der Waals surface area contributed by atoms with Gasteiger partial charge in [-0.05, 0) is 26.2 Å². The molecular weight excluding hydrogens is 164 g/mol. The summed E-state index contributed by atoms with van der Waals surface area (Å²) >= 11 is 0. The Hall–Kier alpha value is -0.120. The second-order valence-electron chi connectivity index (χ2n) is 4.08. The van der Waals surface area contributed by atoms with Gasteiger partial charge < -0.3 is 15.8 Å². The van der Waals surface area contributed by atoms with Crippen molar-refractivity contribution in [1.82, 2.24) is 5.32 Å². The van der Waals surface area contributed by atoms with Crippen molar-refractivity contribution >= 4 is 0 Å². The van der Waals surface area contributed by atoms with Gasteiger partial charge in [-0.2, -0.15) is 0 Å². The number of hydrogen-bond donors (Lipinski definition) is 2. The predicted molar refractivity (Wildman–Crippen MR) is 54.7 cm³/mol. The maximum absolute atomic E-state index is 5.75. The van der Waals surface area contributed by atoms with Crippen LogP contribution in [-0.4, -0.2) is 31.3 Å².